The first-order valence-corrected chi connectivity index (χ1v) is 4.68. The molecule has 1 aliphatic carbocycles. The zero-order valence-corrected chi connectivity index (χ0v) is 7.84. The number of amides is 1. The summed E-state index contributed by atoms with van der Waals surface area (Å²) in [5.41, 5.74) is 2.06. The molecule has 0 spiro atoms. The van der Waals surface area contributed by atoms with Crippen LogP contribution in [0, 0.1) is 0 Å². The summed E-state index contributed by atoms with van der Waals surface area (Å²) in [6.45, 7) is 0. The van der Waals surface area contributed by atoms with Crippen LogP contribution in [-0.4, -0.2) is 6.41 Å². The molecule has 0 unspecified atom stereocenters. The smallest absolute Gasteiger partial charge is 0.211 e. The third-order valence-electron chi connectivity index (χ3n) is 2.25. The molecule has 1 aromatic rings. The SMILES string of the molecule is O=CNc1ccc(Cl)cc1C1CC1. The molecule has 0 aromatic heterocycles. The summed E-state index contributed by atoms with van der Waals surface area (Å²) in [6, 6.07) is 5.58. The van der Waals surface area contributed by atoms with Gasteiger partial charge in [-0.1, -0.05) is 11.6 Å². The first-order chi connectivity index (χ1) is 6.31. The van der Waals surface area contributed by atoms with Crippen molar-refractivity contribution >= 4 is 23.7 Å². The lowest BCUT2D eigenvalue weighted by Gasteiger charge is -2.06. The third kappa shape index (κ3) is 1.83. The standard InChI is InChI=1S/C10H10ClNO/c11-8-3-4-10(12-6-13)9(5-8)7-1-2-7/h3-7H,1-2H2,(H,12,13). The van der Waals surface area contributed by atoms with Gasteiger partial charge >= 0.3 is 0 Å². The van der Waals surface area contributed by atoms with Crippen molar-refractivity contribution in [2.24, 2.45) is 0 Å². The molecule has 1 amide bonds. The minimum Gasteiger partial charge on any atom is -0.328 e. The van der Waals surface area contributed by atoms with Gasteiger partial charge in [0.25, 0.3) is 0 Å². The molecule has 0 saturated heterocycles. The second-order valence-electron chi connectivity index (χ2n) is 3.27. The van der Waals surface area contributed by atoms with E-state index in [0.717, 1.165) is 10.7 Å². The number of halogens is 1. The molecule has 1 aromatic carbocycles. The quantitative estimate of drug-likeness (QED) is 0.739. The number of benzene rings is 1. The van der Waals surface area contributed by atoms with Crippen LogP contribution in [0.1, 0.15) is 24.3 Å². The van der Waals surface area contributed by atoms with Crippen molar-refractivity contribution < 1.29 is 4.79 Å². The summed E-state index contributed by atoms with van der Waals surface area (Å²) < 4.78 is 0. The van der Waals surface area contributed by atoms with Crippen molar-refractivity contribution in [3.05, 3.63) is 28.8 Å². The Balaban J connectivity index is 2.35. The van der Waals surface area contributed by atoms with Crippen LogP contribution in [0.4, 0.5) is 5.69 Å². The Labute approximate surface area is 81.9 Å². The predicted octanol–water partition coefficient (Wildman–Crippen LogP) is 2.79. The summed E-state index contributed by atoms with van der Waals surface area (Å²) in [4.78, 5) is 10.3. The number of carbonyl (C=O) groups is 1. The van der Waals surface area contributed by atoms with E-state index in [0.29, 0.717) is 12.3 Å². The van der Waals surface area contributed by atoms with E-state index in [-0.39, 0.29) is 0 Å². The maximum Gasteiger partial charge on any atom is 0.211 e. The number of hydrogen-bond donors (Lipinski definition) is 1. The molecule has 13 heavy (non-hydrogen) atoms. The van der Waals surface area contributed by atoms with Crippen molar-refractivity contribution in [3.8, 4) is 0 Å². The Hall–Kier alpha value is -1.02. The van der Waals surface area contributed by atoms with Crippen LogP contribution in [-0.2, 0) is 4.79 Å². The predicted molar refractivity (Wildman–Crippen MR) is 53.1 cm³/mol. The van der Waals surface area contributed by atoms with Gasteiger partial charge in [-0.05, 0) is 42.5 Å². The normalized spacial score (nSPS) is 15.5. The lowest BCUT2D eigenvalue weighted by Crippen LogP contribution is -1.97. The summed E-state index contributed by atoms with van der Waals surface area (Å²) in [6.07, 6.45) is 3.11. The number of hydrogen-bond acceptors (Lipinski definition) is 1. The topological polar surface area (TPSA) is 29.1 Å². The molecule has 0 heterocycles. The maximum absolute atomic E-state index is 10.3. The maximum atomic E-state index is 10.3. The average Bonchev–Trinajstić information content (AvgIpc) is 2.91. The van der Waals surface area contributed by atoms with Crippen molar-refractivity contribution in [3.63, 3.8) is 0 Å². The van der Waals surface area contributed by atoms with Gasteiger partial charge in [-0.15, -0.1) is 0 Å². The third-order valence-corrected chi connectivity index (χ3v) is 2.48. The number of carbonyl (C=O) groups excluding carboxylic acids is 1. The van der Waals surface area contributed by atoms with Crippen molar-refractivity contribution in [1.82, 2.24) is 0 Å². The van der Waals surface area contributed by atoms with Gasteiger partial charge in [0, 0.05) is 10.7 Å². The van der Waals surface area contributed by atoms with Crippen LogP contribution < -0.4 is 5.32 Å². The molecular formula is C10H10ClNO. The molecule has 1 aliphatic rings. The van der Waals surface area contributed by atoms with Gasteiger partial charge in [-0.3, -0.25) is 4.79 Å². The van der Waals surface area contributed by atoms with Crippen LogP contribution in [0.5, 0.6) is 0 Å². The Kier molecular flexibility index (Phi) is 2.23. The fraction of sp³-hybridized carbons (Fsp3) is 0.300. The summed E-state index contributed by atoms with van der Waals surface area (Å²) >= 11 is 5.87. The molecule has 0 bridgehead atoms. The van der Waals surface area contributed by atoms with Crippen LogP contribution in [0.3, 0.4) is 0 Å². The van der Waals surface area contributed by atoms with Gasteiger partial charge in [0.2, 0.25) is 6.41 Å². The van der Waals surface area contributed by atoms with Crippen LogP contribution in [0.25, 0.3) is 0 Å². The lowest BCUT2D eigenvalue weighted by molar-refractivity contribution is -0.105. The van der Waals surface area contributed by atoms with E-state index in [9.17, 15) is 4.79 Å². The first-order valence-electron chi connectivity index (χ1n) is 4.31. The minimum atomic E-state index is 0.598. The molecule has 0 aliphatic heterocycles. The van der Waals surface area contributed by atoms with Crippen LogP contribution in [0.2, 0.25) is 5.02 Å². The van der Waals surface area contributed by atoms with Crippen molar-refractivity contribution in [2.45, 2.75) is 18.8 Å². The van der Waals surface area contributed by atoms with Crippen LogP contribution in [0.15, 0.2) is 18.2 Å². The Bertz CT molecular complexity index is 334. The van der Waals surface area contributed by atoms with E-state index in [2.05, 4.69) is 5.32 Å². The molecule has 1 saturated carbocycles. The van der Waals surface area contributed by atoms with Gasteiger partial charge in [0.05, 0.1) is 0 Å². The van der Waals surface area contributed by atoms with Gasteiger partial charge in [-0.2, -0.15) is 0 Å². The highest BCUT2D eigenvalue weighted by Crippen LogP contribution is 2.44. The fourth-order valence-corrected chi connectivity index (χ4v) is 1.64. The molecular weight excluding hydrogens is 186 g/mol. The van der Waals surface area contributed by atoms with Gasteiger partial charge in [0.1, 0.15) is 0 Å². The Morgan fingerprint density at radius 1 is 1.46 bits per heavy atom. The van der Waals surface area contributed by atoms with E-state index >= 15 is 0 Å². The fourth-order valence-electron chi connectivity index (χ4n) is 1.46. The second kappa shape index (κ2) is 3.38. The second-order valence-corrected chi connectivity index (χ2v) is 3.70. The molecule has 0 radical (unpaired) electrons. The zero-order chi connectivity index (χ0) is 9.26. The molecule has 1 fully saturated rings. The number of nitrogens with one attached hydrogen (secondary N) is 1. The number of anilines is 1. The molecule has 68 valence electrons. The summed E-state index contributed by atoms with van der Waals surface area (Å²) in [5.74, 6) is 0.598. The largest absolute Gasteiger partial charge is 0.328 e. The van der Waals surface area contributed by atoms with E-state index in [1.54, 1.807) is 6.07 Å². The lowest BCUT2D eigenvalue weighted by atomic mass is 10.1. The highest BCUT2D eigenvalue weighted by molar-refractivity contribution is 6.30. The van der Waals surface area contributed by atoms with E-state index < -0.39 is 0 Å². The van der Waals surface area contributed by atoms with Crippen molar-refractivity contribution in [1.29, 1.82) is 0 Å². The van der Waals surface area contributed by atoms with Gasteiger partial charge < -0.3 is 5.32 Å². The zero-order valence-electron chi connectivity index (χ0n) is 7.09. The monoisotopic (exact) mass is 195 g/mol. The van der Waals surface area contributed by atoms with E-state index in [4.69, 9.17) is 11.6 Å². The molecule has 0 atom stereocenters. The molecule has 3 heteroatoms. The average molecular weight is 196 g/mol. The molecule has 2 nitrogen and oxygen atoms in total. The van der Waals surface area contributed by atoms with Gasteiger partial charge in [0.15, 0.2) is 0 Å². The summed E-state index contributed by atoms with van der Waals surface area (Å²) in [7, 11) is 0. The van der Waals surface area contributed by atoms with E-state index in [1.807, 2.05) is 12.1 Å². The van der Waals surface area contributed by atoms with Gasteiger partial charge in [-0.25, -0.2) is 0 Å². The number of rotatable bonds is 3. The Morgan fingerprint density at radius 3 is 2.85 bits per heavy atom. The molecule has 2 rings (SSSR count). The highest BCUT2D eigenvalue weighted by Gasteiger charge is 2.26. The van der Waals surface area contributed by atoms with Crippen LogP contribution >= 0.6 is 11.6 Å². The Morgan fingerprint density at radius 2 is 2.23 bits per heavy atom. The highest BCUT2D eigenvalue weighted by atomic mass is 35.5. The van der Waals surface area contributed by atoms with E-state index in [1.165, 1.54) is 18.4 Å². The molecule has 1 N–H and O–H groups in total. The minimum absolute atomic E-state index is 0.598. The summed E-state index contributed by atoms with van der Waals surface area (Å²) in [5, 5.41) is 3.42. The first kappa shape index (κ1) is 8.57. The van der Waals surface area contributed by atoms with Crippen molar-refractivity contribution in [2.75, 3.05) is 5.32 Å².